The predicted molar refractivity (Wildman–Crippen MR) is 52.2 cm³/mol. The molecule has 1 rings (SSSR count). The maximum Gasteiger partial charge on any atom is 0.295 e. The van der Waals surface area contributed by atoms with Crippen LogP contribution >= 0.6 is 0 Å². The largest absolute Gasteiger partial charge is 0.383 e. The molecule has 0 aromatic carbocycles. The van der Waals surface area contributed by atoms with Gasteiger partial charge in [-0.2, -0.15) is 5.21 Å². The Labute approximate surface area is 87.8 Å². The second-order valence-corrected chi connectivity index (χ2v) is 3.13. The van der Waals surface area contributed by atoms with E-state index in [4.69, 9.17) is 4.74 Å². The lowest BCUT2D eigenvalue weighted by atomic mass is 10.3. The molecular formula is C8H15N5O2. The predicted octanol–water partition coefficient (Wildman–Crippen LogP) is -0.303. The first-order valence-electron chi connectivity index (χ1n) is 4.74. The molecule has 15 heavy (non-hydrogen) atoms. The van der Waals surface area contributed by atoms with Crippen molar-refractivity contribution in [3.05, 3.63) is 5.82 Å². The molecule has 84 valence electrons. The number of nitrogens with zero attached hydrogens (tertiary/aromatic N) is 4. The van der Waals surface area contributed by atoms with E-state index in [-0.39, 0.29) is 17.8 Å². The average Bonchev–Trinajstić information content (AvgIpc) is 2.71. The Balaban J connectivity index is 2.70. The Bertz CT molecular complexity index is 300. The summed E-state index contributed by atoms with van der Waals surface area (Å²) >= 11 is 0. The summed E-state index contributed by atoms with van der Waals surface area (Å²) < 4.78 is 5.00. The third kappa shape index (κ3) is 2.72. The number of tetrazole rings is 1. The van der Waals surface area contributed by atoms with Crippen molar-refractivity contribution in [2.24, 2.45) is 0 Å². The number of H-pyrrole nitrogens is 1. The standard InChI is InChI=1S/C8H15N5O2/c1-4-13(6(2)5-15-3)8(14)7-9-11-12-10-7/h6H,4-5H2,1-3H3,(H,9,10,11,12). The van der Waals surface area contributed by atoms with Gasteiger partial charge in [0, 0.05) is 13.7 Å². The summed E-state index contributed by atoms with van der Waals surface area (Å²) in [6, 6.07) is -0.00833. The lowest BCUT2D eigenvalue weighted by molar-refractivity contribution is 0.0568. The first-order chi connectivity index (χ1) is 7.20. The second kappa shape index (κ2) is 5.40. The normalized spacial score (nSPS) is 12.5. The fourth-order valence-electron chi connectivity index (χ4n) is 1.37. The molecule has 0 radical (unpaired) electrons. The summed E-state index contributed by atoms with van der Waals surface area (Å²) in [7, 11) is 1.60. The van der Waals surface area contributed by atoms with E-state index in [1.165, 1.54) is 0 Å². The van der Waals surface area contributed by atoms with Crippen molar-refractivity contribution in [1.82, 2.24) is 25.5 Å². The molecule has 1 aromatic rings. The van der Waals surface area contributed by atoms with E-state index < -0.39 is 0 Å². The smallest absolute Gasteiger partial charge is 0.295 e. The monoisotopic (exact) mass is 213 g/mol. The van der Waals surface area contributed by atoms with Gasteiger partial charge < -0.3 is 9.64 Å². The number of likely N-dealkylation sites (N-methyl/N-ethyl adjacent to an activating group) is 1. The molecule has 1 amide bonds. The van der Waals surface area contributed by atoms with Gasteiger partial charge in [0.2, 0.25) is 0 Å². The molecule has 0 saturated carbocycles. The lowest BCUT2D eigenvalue weighted by Crippen LogP contribution is -2.41. The highest BCUT2D eigenvalue weighted by molar-refractivity contribution is 5.90. The zero-order chi connectivity index (χ0) is 11.3. The Morgan fingerprint density at radius 1 is 1.67 bits per heavy atom. The molecule has 1 heterocycles. The summed E-state index contributed by atoms with van der Waals surface area (Å²) in [5, 5.41) is 12.9. The molecule has 7 nitrogen and oxygen atoms in total. The molecule has 0 saturated heterocycles. The summed E-state index contributed by atoms with van der Waals surface area (Å²) in [5.41, 5.74) is 0. The molecular weight excluding hydrogens is 198 g/mol. The number of carbonyl (C=O) groups excluding carboxylic acids is 1. The summed E-state index contributed by atoms with van der Waals surface area (Å²) in [6.45, 7) is 4.87. The van der Waals surface area contributed by atoms with E-state index in [0.29, 0.717) is 13.2 Å². The minimum atomic E-state index is -0.240. The third-order valence-electron chi connectivity index (χ3n) is 2.08. The van der Waals surface area contributed by atoms with Gasteiger partial charge in [-0.1, -0.05) is 0 Å². The van der Waals surface area contributed by atoms with E-state index in [2.05, 4.69) is 20.6 Å². The molecule has 0 fully saturated rings. The highest BCUT2D eigenvalue weighted by atomic mass is 16.5. The number of carbonyl (C=O) groups is 1. The minimum absolute atomic E-state index is 0.00833. The van der Waals surface area contributed by atoms with Gasteiger partial charge >= 0.3 is 0 Å². The van der Waals surface area contributed by atoms with E-state index in [9.17, 15) is 4.79 Å². The molecule has 0 aliphatic heterocycles. The number of nitrogens with one attached hydrogen (secondary N) is 1. The zero-order valence-electron chi connectivity index (χ0n) is 9.10. The summed E-state index contributed by atoms with van der Waals surface area (Å²) in [5.74, 6) is -0.157. The van der Waals surface area contributed by atoms with Gasteiger partial charge in [-0.05, 0) is 19.1 Å². The van der Waals surface area contributed by atoms with Crippen molar-refractivity contribution in [2.45, 2.75) is 19.9 Å². The number of hydrogen-bond acceptors (Lipinski definition) is 5. The van der Waals surface area contributed by atoms with Gasteiger partial charge in [0.1, 0.15) is 0 Å². The topological polar surface area (TPSA) is 84.0 Å². The van der Waals surface area contributed by atoms with Crippen molar-refractivity contribution in [3.8, 4) is 0 Å². The van der Waals surface area contributed by atoms with Crippen LogP contribution in [-0.4, -0.2) is 57.7 Å². The molecule has 0 aliphatic carbocycles. The number of methoxy groups -OCH3 is 1. The van der Waals surface area contributed by atoms with Gasteiger partial charge in [0.25, 0.3) is 11.7 Å². The average molecular weight is 213 g/mol. The Morgan fingerprint density at radius 3 is 2.87 bits per heavy atom. The van der Waals surface area contributed by atoms with Gasteiger partial charge in [0.15, 0.2) is 0 Å². The second-order valence-electron chi connectivity index (χ2n) is 3.13. The molecule has 7 heteroatoms. The van der Waals surface area contributed by atoms with Crippen molar-refractivity contribution in [2.75, 3.05) is 20.3 Å². The summed E-state index contributed by atoms with van der Waals surface area (Å²) in [6.07, 6.45) is 0. The van der Waals surface area contributed by atoms with Crippen LogP contribution in [0.25, 0.3) is 0 Å². The number of amides is 1. The number of rotatable bonds is 5. The van der Waals surface area contributed by atoms with Crippen molar-refractivity contribution >= 4 is 5.91 Å². The zero-order valence-corrected chi connectivity index (χ0v) is 9.10. The first kappa shape index (κ1) is 11.6. The molecule has 1 atom stereocenters. The minimum Gasteiger partial charge on any atom is -0.383 e. The highest BCUT2D eigenvalue weighted by Gasteiger charge is 2.22. The number of aromatic amines is 1. The van der Waals surface area contributed by atoms with Crippen LogP contribution in [0.3, 0.4) is 0 Å². The van der Waals surface area contributed by atoms with Crippen LogP contribution in [0, 0.1) is 0 Å². The first-order valence-corrected chi connectivity index (χ1v) is 4.74. The maximum absolute atomic E-state index is 11.8. The Hall–Kier alpha value is -1.50. The number of ether oxygens (including phenoxy) is 1. The SMILES string of the molecule is CCN(C(=O)c1nn[nH]n1)C(C)COC. The van der Waals surface area contributed by atoms with Crippen molar-refractivity contribution < 1.29 is 9.53 Å². The third-order valence-corrected chi connectivity index (χ3v) is 2.08. The van der Waals surface area contributed by atoms with Crippen LogP contribution in [0.5, 0.6) is 0 Å². The molecule has 1 aromatic heterocycles. The van der Waals surface area contributed by atoms with Crippen LogP contribution in [-0.2, 0) is 4.74 Å². The molecule has 0 bridgehead atoms. The van der Waals surface area contributed by atoms with Crippen LogP contribution in [0.4, 0.5) is 0 Å². The molecule has 1 N–H and O–H groups in total. The fraction of sp³-hybridized carbons (Fsp3) is 0.750. The molecule has 0 spiro atoms. The van der Waals surface area contributed by atoms with E-state index >= 15 is 0 Å². The van der Waals surface area contributed by atoms with Gasteiger partial charge in [-0.15, -0.1) is 10.2 Å². The highest BCUT2D eigenvalue weighted by Crippen LogP contribution is 2.03. The Kier molecular flexibility index (Phi) is 4.17. The van der Waals surface area contributed by atoms with Crippen molar-refractivity contribution in [3.63, 3.8) is 0 Å². The van der Waals surface area contributed by atoms with E-state index in [1.54, 1.807) is 12.0 Å². The van der Waals surface area contributed by atoms with Gasteiger partial charge in [-0.25, -0.2) is 0 Å². The van der Waals surface area contributed by atoms with Crippen LogP contribution in [0.1, 0.15) is 24.5 Å². The number of hydrogen-bond donors (Lipinski definition) is 1. The van der Waals surface area contributed by atoms with Gasteiger partial charge in [-0.3, -0.25) is 4.79 Å². The van der Waals surface area contributed by atoms with Crippen molar-refractivity contribution in [1.29, 1.82) is 0 Å². The molecule has 1 unspecified atom stereocenters. The fourth-order valence-corrected chi connectivity index (χ4v) is 1.37. The van der Waals surface area contributed by atoms with Crippen LogP contribution in [0.2, 0.25) is 0 Å². The molecule has 0 aliphatic rings. The van der Waals surface area contributed by atoms with Gasteiger partial charge in [0.05, 0.1) is 12.6 Å². The lowest BCUT2D eigenvalue weighted by Gasteiger charge is -2.25. The number of aromatic nitrogens is 4. The van der Waals surface area contributed by atoms with Crippen LogP contribution < -0.4 is 0 Å². The van der Waals surface area contributed by atoms with E-state index in [0.717, 1.165) is 0 Å². The summed E-state index contributed by atoms with van der Waals surface area (Å²) in [4.78, 5) is 13.5. The Morgan fingerprint density at radius 2 is 2.40 bits per heavy atom. The quantitative estimate of drug-likeness (QED) is 0.725. The maximum atomic E-state index is 11.8. The van der Waals surface area contributed by atoms with E-state index in [1.807, 2.05) is 13.8 Å². The van der Waals surface area contributed by atoms with Crippen LogP contribution in [0.15, 0.2) is 0 Å².